The van der Waals surface area contributed by atoms with Gasteiger partial charge < -0.3 is 5.32 Å². The van der Waals surface area contributed by atoms with Crippen molar-refractivity contribution < 1.29 is 0 Å². The molecule has 0 fully saturated rings. The number of thiophene rings is 1. The van der Waals surface area contributed by atoms with E-state index >= 15 is 0 Å². The summed E-state index contributed by atoms with van der Waals surface area (Å²) in [4.78, 5) is 3.79. The van der Waals surface area contributed by atoms with Crippen molar-refractivity contribution in [2.45, 2.75) is 46.2 Å². The van der Waals surface area contributed by atoms with E-state index in [2.05, 4.69) is 44.1 Å². The van der Waals surface area contributed by atoms with Gasteiger partial charge in [0, 0.05) is 24.0 Å². The highest BCUT2D eigenvalue weighted by Gasteiger charge is 2.14. The van der Waals surface area contributed by atoms with E-state index in [1.54, 1.807) is 11.3 Å². The minimum absolute atomic E-state index is 0.602. The number of hydrogen-bond acceptors (Lipinski definition) is 3. The topological polar surface area (TPSA) is 15.3 Å². The molecule has 0 bridgehead atoms. The van der Waals surface area contributed by atoms with E-state index in [-0.39, 0.29) is 0 Å². The van der Waals surface area contributed by atoms with E-state index in [0.717, 1.165) is 24.0 Å². The Bertz CT molecular complexity index is 352. The van der Waals surface area contributed by atoms with Crippen LogP contribution in [0.2, 0.25) is 4.34 Å². The van der Waals surface area contributed by atoms with Gasteiger partial charge in [0.05, 0.1) is 4.34 Å². The zero-order valence-corrected chi connectivity index (χ0v) is 14.2. The zero-order valence-electron chi connectivity index (χ0n) is 12.6. The highest BCUT2D eigenvalue weighted by molar-refractivity contribution is 7.16. The van der Waals surface area contributed by atoms with Gasteiger partial charge in [-0.2, -0.15) is 0 Å². The van der Waals surface area contributed by atoms with Crippen LogP contribution in [-0.4, -0.2) is 31.1 Å². The van der Waals surface area contributed by atoms with Crippen molar-refractivity contribution in [1.29, 1.82) is 0 Å². The number of nitrogens with zero attached hydrogens (tertiary/aromatic N) is 1. The first-order valence-electron chi connectivity index (χ1n) is 7.18. The monoisotopic (exact) mass is 302 g/mol. The first-order valence-corrected chi connectivity index (χ1v) is 8.37. The summed E-state index contributed by atoms with van der Waals surface area (Å²) in [5.41, 5.74) is 0. The van der Waals surface area contributed by atoms with Crippen LogP contribution < -0.4 is 5.32 Å². The summed E-state index contributed by atoms with van der Waals surface area (Å²) in [6, 6.07) is 4.72. The second kappa shape index (κ2) is 8.96. The Labute approximate surface area is 127 Å². The Morgan fingerprint density at radius 1 is 1.32 bits per heavy atom. The number of rotatable bonds is 9. The maximum absolute atomic E-state index is 5.99. The van der Waals surface area contributed by atoms with Crippen molar-refractivity contribution in [3.8, 4) is 0 Å². The van der Waals surface area contributed by atoms with E-state index in [9.17, 15) is 0 Å². The molecule has 1 aromatic heterocycles. The minimum Gasteiger partial charge on any atom is -0.315 e. The molecule has 0 amide bonds. The molecule has 19 heavy (non-hydrogen) atoms. The lowest BCUT2D eigenvalue weighted by atomic mass is 10.1. The third kappa shape index (κ3) is 6.75. The second-order valence-corrected chi connectivity index (χ2v) is 7.42. The molecule has 1 rings (SSSR count). The molecular weight excluding hydrogens is 276 g/mol. The predicted octanol–water partition coefficient (Wildman–Crippen LogP) is 4.25. The van der Waals surface area contributed by atoms with Crippen molar-refractivity contribution >= 4 is 22.9 Å². The number of hydrogen-bond donors (Lipinski definition) is 1. The smallest absolute Gasteiger partial charge is 0.0931 e. The molecule has 0 aliphatic carbocycles. The van der Waals surface area contributed by atoms with Crippen LogP contribution >= 0.6 is 22.9 Å². The lowest BCUT2D eigenvalue weighted by molar-refractivity contribution is 0.215. The molecule has 0 saturated carbocycles. The molecule has 110 valence electrons. The number of halogens is 1. The molecule has 1 unspecified atom stereocenters. The number of nitrogens with one attached hydrogen (secondary N) is 1. The highest BCUT2D eigenvalue weighted by atomic mass is 35.5. The molecule has 2 nitrogen and oxygen atoms in total. The van der Waals surface area contributed by atoms with Crippen LogP contribution in [0, 0.1) is 5.92 Å². The Hall–Kier alpha value is -0.0900. The van der Waals surface area contributed by atoms with Crippen molar-refractivity contribution in [1.82, 2.24) is 10.2 Å². The van der Waals surface area contributed by atoms with Gasteiger partial charge in [0.2, 0.25) is 0 Å². The van der Waals surface area contributed by atoms with Gasteiger partial charge in [0.15, 0.2) is 0 Å². The van der Waals surface area contributed by atoms with Crippen LogP contribution in [0.4, 0.5) is 0 Å². The van der Waals surface area contributed by atoms with Gasteiger partial charge >= 0.3 is 0 Å². The van der Waals surface area contributed by atoms with Crippen molar-refractivity contribution in [3.63, 3.8) is 0 Å². The average molecular weight is 303 g/mol. The van der Waals surface area contributed by atoms with Gasteiger partial charge in [-0.05, 0) is 38.1 Å². The first kappa shape index (κ1) is 17.0. The van der Waals surface area contributed by atoms with Crippen LogP contribution in [0.15, 0.2) is 12.1 Å². The van der Waals surface area contributed by atoms with E-state index in [1.807, 2.05) is 6.07 Å². The largest absolute Gasteiger partial charge is 0.315 e. The molecule has 0 aliphatic heterocycles. The van der Waals surface area contributed by atoms with Gasteiger partial charge in [-0.3, -0.25) is 4.90 Å². The summed E-state index contributed by atoms with van der Waals surface area (Å²) in [5.74, 6) is 0.712. The normalized spacial score (nSPS) is 13.4. The van der Waals surface area contributed by atoms with Crippen molar-refractivity contribution in [3.05, 3.63) is 21.3 Å². The fourth-order valence-electron chi connectivity index (χ4n) is 2.16. The van der Waals surface area contributed by atoms with Gasteiger partial charge in [-0.15, -0.1) is 11.3 Å². The molecule has 4 heteroatoms. The molecule has 0 aliphatic rings. The van der Waals surface area contributed by atoms with E-state index < -0.39 is 0 Å². The average Bonchev–Trinajstić information content (AvgIpc) is 2.73. The molecule has 0 spiro atoms. The maximum atomic E-state index is 5.99. The standard InChI is InChI=1S/C15H27ClN2S/c1-5-6-13(10-17-9-12(2)3)18(4)11-14-7-8-15(16)19-14/h7-8,12-13,17H,5-6,9-11H2,1-4H3. The second-order valence-electron chi connectivity index (χ2n) is 5.62. The Kier molecular flexibility index (Phi) is 8.00. The SMILES string of the molecule is CCCC(CNCC(C)C)N(C)Cc1ccc(Cl)s1. The fraction of sp³-hybridized carbons (Fsp3) is 0.733. The third-order valence-corrected chi connectivity index (χ3v) is 4.43. The Morgan fingerprint density at radius 2 is 2.05 bits per heavy atom. The summed E-state index contributed by atoms with van der Waals surface area (Å²) >= 11 is 7.67. The lowest BCUT2D eigenvalue weighted by Gasteiger charge is -2.28. The summed E-state index contributed by atoms with van der Waals surface area (Å²) in [5, 5.41) is 3.58. The summed E-state index contributed by atoms with van der Waals surface area (Å²) in [6.45, 7) is 9.91. The summed E-state index contributed by atoms with van der Waals surface area (Å²) < 4.78 is 0.883. The predicted molar refractivity (Wildman–Crippen MR) is 87.2 cm³/mol. The molecular formula is C15H27ClN2S. The summed E-state index contributed by atoms with van der Waals surface area (Å²) in [6.07, 6.45) is 2.46. The lowest BCUT2D eigenvalue weighted by Crippen LogP contribution is -2.40. The van der Waals surface area contributed by atoms with Crippen molar-refractivity contribution in [2.75, 3.05) is 20.1 Å². The quantitative estimate of drug-likeness (QED) is 0.733. The molecule has 0 aromatic carbocycles. The van der Waals surface area contributed by atoms with E-state index in [1.165, 1.54) is 17.7 Å². The minimum atomic E-state index is 0.602. The third-order valence-electron chi connectivity index (χ3n) is 3.21. The molecule has 1 N–H and O–H groups in total. The zero-order chi connectivity index (χ0) is 14.3. The fourth-order valence-corrected chi connectivity index (χ4v) is 3.31. The van der Waals surface area contributed by atoms with Crippen LogP contribution in [0.1, 0.15) is 38.5 Å². The molecule has 1 atom stereocenters. The van der Waals surface area contributed by atoms with Crippen LogP contribution in [-0.2, 0) is 6.54 Å². The highest BCUT2D eigenvalue weighted by Crippen LogP contribution is 2.23. The van der Waals surface area contributed by atoms with Crippen LogP contribution in [0.5, 0.6) is 0 Å². The van der Waals surface area contributed by atoms with Gasteiger partial charge in [-0.1, -0.05) is 38.8 Å². The first-order chi connectivity index (χ1) is 9.02. The van der Waals surface area contributed by atoms with Crippen molar-refractivity contribution in [2.24, 2.45) is 5.92 Å². The van der Waals surface area contributed by atoms with Gasteiger partial charge in [-0.25, -0.2) is 0 Å². The molecule has 0 saturated heterocycles. The van der Waals surface area contributed by atoms with Gasteiger partial charge in [0.25, 0.3) is 0 Å². The molecule has 0 radical (unpaired) electrons. The van der Waals surface area contributed by atoms with E-state index in [0.29, 0.717) is 12.0 Å². The Balaban J connectivity index is 2.44. The maximum Gasteiger partial charge on any atom is 0.0931 e. The molecule has 1 aromatic rings. The van der Waals surface area contributed by atoms with E-state index in [4.69, 9.17) is 11.6 Å². The Morgan fingerprint density at radius 3 is 2.58 bits per heavy atom. The number of likely N-dealkylation sites (N-methyl/N-ethyl adjacent to an activating group) is 1. The van der Waals surface area contributed by atoms with Gasteiger partial charge in [0.1, 0.15) is 0 Å². The van der Waals surface area contributed by atoms with Crippen LogP contribution in [0.25, 0.3) is 0 Å². The molecule has 1 heterocycles. The summed E-state index contributed by atoms with van der Waals surface area (Å²) in [7, 11) is 2.21. The van der Waals surface area contributed by atoms with Crippen LogP contribution in [0.3, 0.4) is 0 Å².